The summed E-state index contributed by atoms with van der Waals surface area (Å²) in [6, 6.07) is 7.78. The number of hydrogen-bond donors (Lipinski definition) is 0. The van der Waals surface area contributed by atoms with E-state index in [0.717, 1.165) is 37.2 Å². The second-order valence-electron chi connectivity index (χ2n) is 7.33. The fourth-order valence-corrected chi connectivity index (χ4v) is 4.65. The quantitative estimate of drug-likeness (QED) is 0.862. The average molecular weight is 339 g/mol. The molecule has 132 valence electrons. The Morgan fingerprint density at radius 2 is 2.04 bits per heavy atom. The molecule has 1 aromatic carbocycles. The maximum atomic E-state index is 13.0. The van der Waals surface area contributed by atoms with Crippen LogP contribution in [0.4, 0.5) is 0 Å². The van der Waals surface area contributed by atoms with Crippen LogP contribution in [0.2, 0.25) is 0 Å². The highest BCUT2D eigenvalue weighted by molar-refractivity contribution is 5.94. The number of aromatic nitrogens is 2. The molecule has 2 fully saturated rings. The molecule has 1 saturated carbocycles. The van der Waals surface area contributed by atoms with Crippen LogP contribution in [0.3, 0.4) is 0 Å². The van der Waals surface area contributed by atoms with E-state index in [0.29, 0.717) is 6.10 Å². The molecule has 0 radical (unpaired) electrons. The summed E-state index contributed by atoms with van der Waals surface area (Å²) in [6.07, 6.45) is 11.5. The van der Waals surface area contributed by atoms with Gasteiger partial charge in [0.15, 0.2) is 0 Å². The number of methoxy groups -OCH3 is 1. The van der Waals surface area contributed by atoms with Crippen molar-refractivity contribution in [2.75, 3.05) is 20.2 Å². The summed E-state index contributed by atoms with van der Waals surface area (Å²) < 4.78 is 7.69. The van der Waals surface area contributed by atoms with Gasteiger partial charge in [0.1, 0.15) is 0 Å². The van der Waals surface area contributed by atoms with Crippen molar-refractivity contribution in [1.82, 2.24) is 14.5 Å². The summed E-state index contributed by atoms with van der Waals surface area (Å²) in [5, 5.41) is 0. The van der Waals surface area contributed by atoms with Crippen LogP contribution in [0.1, 0.15) is 42.5 Å². The molecule has 1 amide bonds. The Hall–Kier alpha value is -2.14. The van der Waals surface area contributed by atoms with Gasteiger partial charge in [-0.2, -0.15) is 0 Å². The van der Waals surface area contributed by atoms with Gasteiger partial charge in [-0.15, -0.1) is 0 Å². The predicted molar refractivity (Wildman–Crippen MR) is 95.8 cm³/mol. The minimum atomic E-state index is 0.137. The van der Waals surface area contributed by atoms with E-state index in [1.54, 1.807) is 12.5 Å². The molecule has 2 heterocycles. The van der Waals surface area contributed by atoms with Gasteiger partial charge in [-0.05, 0) is 49.9 Å². The highest BCUT2D eigenvalue weighted by Crippen LogP contribution is 2.46. The van der Waals surface area contributed by atoms with Gasteiger partial charge in [-0.3, -0.25) is 4.79 Å². The molecule has 0 bridgehead atoms. The smallest absolute Gasteiger partial charge is 0.253 e. The van der Waals surface area contributed by atoms with Crippen LogP contribution in [0.5, 0.6) is 0 Å². The molecule has 5 heteroatoms. The van der Waals surface area contributed by atoms with E-state index in [9.17, 15) is 4.79 Å². The van der Waals surface area contributed by atoms with E-state index in [2.05, 4.69) is 4.98 Å². The van der Waals surface area contributed by atoms with Gasteiger partial charge >= 0.3 is 0 Å². The first kappa shape index (κ1) is 16.3. The summed E-state index contributed by atoms with van der Waals surface area (Å²) >= 11 is 0. The normalized spacial score (nSPS) is 26.3. The lowest BCUT2D eigenvalue weighted by atomic mass is 9.76. The molecule has 5 nitrogen and oxygen atoms in total. The third-order valence-electron chi connectivity index (χ3n) is 5.92. The van der Waals surface area contributed by atoms with Crippen molar-refractivity contribution in [3.8, 4) is 5.69 Å². The number of nitrogens with zero attached hydrogens (tertiary/aromatic N) is 3. The maximum absolute atomic E-state index is 13.0. The molecule has 1 aromatic heterocycles. The number of amides is 1. The zero-order chi connectivity index (χ0) is 17.3. The number of hydrogen-bond acceptors (Lipinski definition) is 3. The Kier molecular flexibility index (Phi) is 4.34. The molecule has 1 aliphatic heterocycles. The highest BCUT2D eigenvalue weighted by Gasteiger charge is 2.46. The van der Waals surface area contributed by atoms with E-state index < -0.39 is 0 Å². The summed E-state index contributed by atoms with van der Waals surface area (Å²) in [6.45, 7) is 1.67. The number of imidazole rings is 1. The van der Waals surface area contributed by atoms with Crippen molar-refractivity contribution < 1.29 is 9.53 Å². The molecular formula is C20H25N3O2. The summed E-state index contributed by atoms with van der Waals surface area (Å²) in [7, 11) is 1.81. The number of rotatable bonds is 3. The zero-order valence-corrected chi connectivity index (χ0v) is 14.7. The molecule has 2 aliphatic rings. The first-order valence-corrected chi connectivity index (χ1v) is 9.12. The molecule has 2 aromatic rings. The van der Waals surface area contributed by atoms with Crippen molar-refractivity contribution in [1.29, 1.82) is 0 Å². The number of benzene rings is 1. The van der Waals surface area contributed by atoms with E-state index >= 15 is 0 Å². The Bertz CT molecular complexity index is 726. The fourth-order valence-electron chi connectivity index (χ4n) is 4.65. The summed E-state index contributed by atoms with van der Waals surface area (Å²) in [5.41, 5.74) is 1.94. The van der Waals surface area contributed by atoms with E-state index in [-0.39, 0.29) is 11.3 Å². The van der Waals surface area contributed by atoms with Crippen molar-refractivity contribution in [2.45, 2.75) is 38.2 Å². The lowest BCUT2D eigenvalue weighted by Crippen LogP contribution is -2.49. The van der Waals surface area contributed by atoms with Gasteiger partial charge in [0.2, 0.25) is 0 Å². The molecule has 1 saturated heterocycles. The predicted octanol–water partition coefficient (Wildman–Crippen LogP) is 3.29. The fraction of sp³-hybridized carbons (Fsp3) is 0.500. The number of carbonyl (C=O) groups excluding carboxylic acids is 1. The maximum Gasteiger partial charge on any atom is 0.253 e. The molecule has 0 N–H and O–H groups in total. The van der Waals surface area contributed by atoms with Crippen molar-refractivity contribution in [3.05, 3.63) is 48.5 Å². The van der Waals surface area contributed by atoms with Gasteiger partial charge in [0.05, 0.1) is 12.4 Å². The van der Waals surface area contributed by atoms with Gasteiger partial charge in [-0.25, -0.2) is 4.98 Å². The minimum Gasteiger partial charge on any atom is -0.381 e. The summed E-state index contributed by atoms with van der Waals surface area (Å²) in [4.78, 5) is 19.1. The van der Waals surface area contributed by atoms with Gasteiger partial charge in [0, 0.05) is 49.3 Å². The zero-order valence-electron chi connectivity index (χ0n) is 14.7. The Morgan fingerprint density at radius 1 is 1.24 bits per heavy atom. The number of ether oxygens (including phenoxy) is 1. The van der Waals surface area contributed by atoms with Gasteiger partial charge in [0.25, 0.3) is 5.91 Å². The van der Waals surface area contributed by atoms with E-state index in [4.69, 9.17) is 4.74 Å². The minimum absolute atomic E-state index is 0.137. The van der Waals surface area contributed by atoms with Gasteiger partial charge < -0.3 is 14.2 Å². The van der Waals surface area contributed by atoms with Crippen LogP contribution in [0.25, 0.3) is 5.69 Å². The van der Waals surface area contributed by atoms with E-state index in [1.165, 1.54) is 19.3 Å². The number of piperidine rings is 1. The second-order valence-corrected chi connectivity index (χ2v) is 7.33. The molecule has 0 unspecified atom stereocenters. The number of likely N-dealkylation sites (tertiary alicyclic amines) is 1. The monoisotopic (exact) mass is 339 g/mol. The first-order chi connectivity index (χ1) is 12.2. The van der Waals surface area contributed by atoms with Crippen LogP contribution in [0, 0.1) is 5.41 Å². The van der Waals surface area contributed by atoms with E-state index in [1.807, 2.05) is 47.0 Å². The molecular weight excluding hydrogens is 314 g/mol. The largest absolute Gasteiger partial charge is 0.381 e. The summed E-state index contributed by atoms with van der Waals surface area (Å²) in [5.74, 6) is 0.137. The van der Waals surface area contributed by atoms with Crippen LogP contribution in [-0.4, -0.2) is 46.7 Å². The second kappa shape index (κ2) is 6.64. The Morgan fingerprint density at radius 3 is 2.76 bits per heavy atom. The van der Waals surface area contributed by atoms with Crippen molar-refractivity contribution >= 4 is 5.91 Å². The standard InChI is InChI=1S/C20H25N3O2/c1-25-18-4-2-9-20(18)10-3-12-22(14-20)19(24)16-5-7-17(8-6-16)23-13-11-21-15-23/h5-8,11,13,15,18H,2-4,9-10,12,14H2,1H3/t18-,20-/m1/s1. The first-order valence-electron chi connectivity index (χ1n) is 9.12. The van der Waals surface area contributed by atoms with Crippen LogP contribution >= 0.6 is 0 Å². The van der Waals surface area contributed by atoms with Crippen molar-refractivity contribution in [2.24, 2.45) is 5.41 Å². The molecule has 1 spiro atoms. The number of carbonyl (C=O) groups is 1. The van der Waals surface area contributed by atoms with Crippen LogP contribution in [0.15, 0.2) is 43.0 Å². The third kappa shape index (κ3) is 2.97. The van der Waals surface area contributed by atoms with Crippen LogP contribution < -0.4 is 0 Å². The lowest BCUT2D eigenvalue weighted by molar-refractivity contribution is -0.0295. The third-order valence-corrected chi connectivity index (χ3v) is 5.92. The highest BCUT2D eigenvalue weighted by atomic mass is 16.5. The molecule has 25 heavy (non-hydrogen) atoms. The van der Waals surface area contributed by atoms with Crippen LogP contribution in [-0.2, 0) is 4.74 Å². The lowest BCUT2D eigenvalue weighted by Gasteiger charge is -2.43. The van der Waals surface area contributed by atoms with Gasteiger partial charge in [-0.1, -0.05) is 6.42 Å². The average Bonchev–Trinajstić information content (AvgIpc) is 3.31. The molecule has 4 rings (SSSR count). The molecule has 1 aliphatic carbocycles. The Labute approximate surface area is 148 Å². The molecule has 2 atom stereocenters. The Balaban J connectivity index is 1.50. The SMILES string of the molecule is CO[C@@H]1CCC[C@]12CCCN(C(=O)c1ccc(-n3ccnc3)cc1)C2. The topological polar surface area (TPSA) is 47.4 Å². The van der Waals surface area contributed by atoms with Crippen molar-refractivity contribution in [3.63, 3.8) is 0 Å².